The molecule has 0 spiro atoms. The molecule has 2 amide bonds. The van der Waals surface area contributed by atoms with E-state index in [4.69, 9.17) is 16.3 Å². The number of anilines is 1. The number of carbonyl (C=O) groups excluding carboxylic acids is 2. The predicted octanol–water partition coefficient (Wildman–Crippen LogP) is 4.31. The highest BCUT2D eigenvalue weighted by molar-refractivity contribution is 6.30. The van der Waals surface area contributed by atoms with Crippen LogP contribution in [0.15, 0.2) is 78.9 Å². The number of amides is 2. The number of ether oxygens (including phenoxy) is 1. The van der Waals surface area contributed by atoms with Gasteiger partial charge in [-0.2, -0.15) is 0 Å². The third-order valence-corrected chi connectivity index (χ3v) is 4.61. The summed E-state index contributed by atoms with van der Waals surface area (Å²) in [5, 5.41) is 3.49. The Bertz CT molecular complexity index is 975. The first-order valence-electron chi connectivity index (χ1n) is 9.10. The molecule has 0 aliphatic carbocycles. The van der Waals surface area contributed by atoms with E-state index in [0.29, 0.717) is 28.6 Å². The van der Waals surface area contributed by atoms with Crippen LogP contribution in [0.3, 0.4) is 0 Å². The van der Waals surface area contributed by atoms with Gasteiger partial charge in [0.1, 0.15) is 5.75 Å². The smallest absolute Gasteiger partial charge is 0.264 e. The van der Waals surface area contributed by atoms with Crippen LogP contribution < -0.4 is 15.0 Å². The molecule has 0 atom stereocenters. The van der Waals surface area contributed by atoms with Crippen molar-refractivity contribution in [3.05, 3.63) is 95.0 Å². The number of carbonyl (C=O) groups is 2. The summed E-state index contributed by atoms with van der Waals surface area (Å²) >= 11 is 5.85. The van der Waals surface area contributed by atoms with Crippen molar-refractivity contribution in [1.82, 2.24) is 5.32 Å². The van der Waals surface area contributed by atoms with Gasteiger partial charge in [0.25, 0.3) is 11.8 Å². The number of halogens is 1. The summed E-state index contributed by atoms with van der Waals surface area (Å²) < 4.78 is 5.52. The number of hydrogen-bond donors (Lipinski definition) is 1. The number of likely N-dealkylation sites (N-methyl/N-ethyl adjacent to an activating group) is 1. The van der Waals surface area contributed by atoms with Crippen LogP contribution in [0.2, 0.25) is 5.02 Å². The van der Waals surface area contributed by atoms with E-state index in [1.807, 2.05) is 30.3 Å². The zero-order valence-corrected chi connectivity index (χ0v) is 16.7. The van der Waals surface area contributed by atoms with Gasteiger partial charge in [-0.05, 0) is 42.0 Å². The van der Waals surface area contributed by atoms with Crippen LogP contribution in [-0.2, 0) is 11.3 Å². The fourth-order valence-electron chi connectivity index (χ4n) is 2.74. The van der Waals surface area contributed by atoms with Crippen molar-refractivity contribution in [1.29, 1.82) is 0 Å². The molecule has 0 heterocycles. The van der Waals surface area contributed by atoms with Gasteiger partial charge in [-0.3, -0.25) is 9.59 Å². The minimum Gasteiger partial charge on any atom is -0.484 e. The number of hydrogen-bond acceptors (Lipinski definition) is 3. The van der Waals surface area contributed by atoms with Gasteiger partial charge in [0.2, 0.25) is 0 Å². The maximum atomic E-state index is 12.7. The van der Waals surface area contributed by atoms with Gasteiger partial charge in [0.15, 0.2) is 6.61 Å². The van der Waals surface area contributed by atoms with Crippen LogP contribution in [0, 0.1) is 0 Å². The third-order valence-electron chi connectivity index (χ3n) is 4.36. The molecule has 0 aliphatic heterocycles. The molecular weight excluding hydrogens is 388 g/mol. The second-order valence-electron chi connectivity index (χ2n) is 6.38. The van der Waals surface area contributed by atoms with Gasteiger partial charge in [0.05, 0.1) is 11.3 Å². The van der Waals surface area contributed by atoms with E-state index >= 15 is 0 Å². The summed E-state index contributed by atoms with van der Waals surface area (Å²) in [6, 6.07) is 23.4. The predicted molar refractivity (Wildman–Crippen MR) is 114 cm³/mol. The monoisotopic (exact) mass is 408 g/mol. The average molecular weight is 409 g/mol. The molecule has 0 saturated heterocycles. The molecule has 3 rings (SSSR count). The Morgan fingerprint density at radius 3 is 2.31 bits per heavy atom. The molecule has 0 aliphatic rings. The Morgan fingerprint density at radius 2 is 1.59 bits per heavy atom. The summed E-state index contributed by atoms with van der Waals surface area (Å²) in [7, 11) is 1.62. The van der Waals surface area contributed by atoms with E-state index in [1.54, 1.807) is 55.6 Å². The van der Waals surface area contributed by atoms with E-state index < -0.39 is 0 Å². The lowest BCUT2D eigenvalue weighted by molar-refractivity contribution is -0.120. The van der Waals surface area contributed by atoms with E-state index in [-0.39, 0.29) is 18.4 Å². The number of benzene rings is 3. The van der Waals surface area contributed by atoms with Crippen molar-refractivity contribution in [2.45, 2.75) is 6.54 Å². The first-order valence-corrected chi connectivity index (χ1v) is 9.48. The summed E-state index contributed by atoms with van der Waals surface area (Å²) in [5.41, 5.74) is 1.94. The molecule has 0 radical (unpaired) electrons. The largest absolute Gasteiger partial charge is 0.484 e. The molecule has 5 nitrogen and oxygen atoms in total. The van der Waals surface area contributed by atoms with Crippen molar-refractivity contribution < 1.29 is 14.3 Å². The maximum Gasteiger partial charge on any atom is 0.264 e. The van der Waals surface area contributed by atoms with E-state index in [0.717, 1.165) is 5.56 Å². The van der Waals surface area contributed by atoms with E-state index in [2.05, 4.69) is 5.32 Å². The number of para-hydroxylation sites is 1. The zero-order chi connectivity index (χ0) is 20.6. The van der Waals surface area contributed by atoms with Crippen LogP contribution in [0.1, 0.15) is 15.9 Å². The molecule has 1 N–H and O–H groups in total. The third kappa shape index (κ3) is 5.59. The Morgan fingerprint density at radius 1 is 0.931 bits per heavy atom. The average Bonchev–Trinajstić information content (AvgIpc) is 2.77. The van der Waals surface area contributed by atoms with Crippen molar-refractivity contribution >= 4 is 29.1 Å². The van der Waals surface area contributed by atoms with Crippen molar-refractivity contribution in [3.63, 3.8) is 0 Å². The van der Waals surface area contributed by atoms with Gasteiger partial charge in [-0.15, -0.1) is 0 Å². The highest BCUT2D eigenvalue weighted by atomic mass is 35.5. The molecule has 3 aromatic rings. The number of nitrogens with one attached hydrogen (secondary N) is 1. The van der Waals surface area contributed by atoms with Crippen LogP contribution in [0.25, 0.3) is 0 Å². The molecule has 3 aromatic carbocycles. The van der Waals surface area contributed by atoms with Gasteiger partial charge in [-0.25, -0.2) is 0 Å². The van der Waals surface area contributed by atoms with Crippen molar-refractivity contribution in [2.75, 3.05) is 18.6 Å². The van der Waals surface area contributed by atoms with Gasteiger partial charge in [-0.1, -0.05) is 54.1 Å². The lowest BCUT2D eigenvalue weighted by Crippen LogP contribution is -2.33. The van der Waals surface area contributed by atoms with Crippen LogP contribution >= 0.6 is 11.6 Å². The minimum atomic E-state index is -0.275. The Labute approximate surface area is 174 Å². The summed E-state index contributed by atoms with van der Waals surface area (Å²) in [5.74, 6) is 0.0241. The standard InChI is InChI=1S/C23H21ClN2O3/c1-26(22(27)16-29-19-13-11-18(24)12-14-19)21-10-6-5-9-20(21)23(28)25-15-17-7-3-2-4-8-17/h2-14H,15-16H2,1H3,(H,25,28). The molecule has 148 valence electrons. The maximum absolute atomic E-state index is 12.7. The summed E-state index contributed by atoms with van der Waals surface area (Å²) in [6.07, 6.45) is 0. The zero-order valence-electron chi connectivity index (χ0n) is 16.0. The van der Waals surface area contributed by atoms with Gasteiger partial charge >= 0.3 is 0 Å². The Balaban J connectivity index is 1.65. The van der Waals surface area contributed by atoms with Crippen LogP contribution in [0.5, 0.6) is 5.75 Å². The lowest BCUT2D eigenvalue weighted by Gasteiger charge is -2.20. The molecule has 0 unspecified atom stereocenters. The van der Waals surface area contributed by atoms with E-state index in [1.165, 1.54) is 4.90 Å². The molecule has 6 heteroatoms. The number of rotatable bonds is 7. The molecule has 0 aromatic heterocycles. The topological polar surface area (TPSA) is 58.6 Å². The second-order valence-corrected chi connectivity index (χ2v) is 6.82. The SMILES string of the molecule is CN(C(=O)COc1ccc(Cl)cc1)c1ccccc1C(=O)NCc1ccccc1. The second kappa shape index (κ2) is 9.75. The molecule has 0 saturated carbocycles. The summed E-state index contributed by atoms with van der Waals surface area (Å²) in [4.78, 5) is 26.7. The van der Waals surface area contributed by atoms with Gasteiger partial charge < -0.3 is 15.0 Å². The quantitative estimate of drug-likeness (QED) is 0.633. The Hall–Kier alpha value is -3.31. The Kier molecular flexibility index (Phi) is 6.87. The fraction of sp³-hybridized carbons (Fsp3) is 0.130. The number of nitrogens with zero attached hydrogens (tertiary/aromatic N) is 1. The first kappa shape index (κ1) is 20.4. The van der Waals surface area contributed by atoms with E-state index in [9.17, 15) is 9.59 Å². The first-order chi connectivity index (χ1) is 14.0. The van der Waals surface area contributed by atoms with Crippen LogP contribution in [0.4, 0.5) is 5.69 Å². The lowest BCUT2D eigenvalue weighted by atomic mass is 10.1. The summed E-state index contributed by atoms with van der Waals surface area (Å²) in [6.45, 7) is 0.253. The fourth-order valence-corrected chi connectivity index (χ4v) is 2.86. The minimum absolute atomic E-state index is 0.155. The molecule has 29 heavy (non-hydrogen) atoms. The van der Waals surface area contributed by atoms with Gasteiger partial charge in [0, 0.05) is 18.6 Å². The highest BCUT2D eigenvalue weighted by Gasteiger charge is 2.18. The van der Waals surface area contributed by atoms with Crippen LogP contribution in [-0.4, -0.2) is 25.5 Å². The molecule has 0 bridgehead atoms. The van der Waals surface area contributed by atoms with Crippen molar-refractivity contribution in [2.24, 2.45) is 0 Å². The highest BCUT2D eigenvalue weighted by Crippen LogP contribution is 2.20. The molecule has 0 fully saturated rings. The van der Waals surface area contributed by atoms with Crippen molar-refractivity contribution in [3.8, 4) is 5.75 Å². The molecular formula is C23H21ClN2O3. The normalized spacial score (nSPS) is 10.3.